The van der Waals surface area contributed by atoms with Gasteiger partial charge in [0.1, 0.15) is 0 Å². The molecule has 0 radical (unpaired) electrons. The molecule has 1 aromatic carbocycles. The molecule has 92 valence electrons. The number of hydrogen-bond donors (Lipinski definition) is 1. The van der Waals surface area contributed by atoms with E-state index >= 15 is 0 Å². The van der Waals surface area contributed by atoms with Crippen molar-refractivity contribution in [2.75, 3.05) is 0 Å². The fourth-order valence-corrected chi connectivity index (χ4v) is 2.72. The molecule has 0 aromatic heterocycles. The molecule has 17 heavy (non-hydrogen) atoms. The molecule has 1 fully saturated rings. The van der Waals surface area contributed by atoms with Gasteiger partial charge in [0.15, 0.2) is 0 Å². The van der Waals surface area contributed by atoms with E-state index in [9.17, 15) is 0 Å². The van der Waals surface area contributed by atoms with Crippen LogP contribution in [0.2, 0.25) is 0 Å². The number of thiocarbonyl (C=S) groups is 1. The summed E-state index contributed by atoms with van der Waals surface area (Å²) in [5.41, 5.74) is 1.38. The summed E-state index contributed by atoms with van der Waals surface area (Å²) in [6.07, 6.45) is 8.75. The summed E-state index contributed by atoms with van der Waals surface area (Å²) in [6.45, 7) is 0. The van der Waals surface area contributed by atoms with E-state index in [-0.39, 0.29) is 0 Å². The third kappa shape index (κ3) is 4.47. The minimum absolute atomic E-state index is 0.645. The number of rotatable bonds is 4. The largest absolute Gasteiger partial charge is 0.377 e. The molecule has 0 spiro atoms. The molecule has 1 aliphatic rings. The van der Waals surface area contributed by atoms with Gasteiger partial charge in [0.2, 0.25) is 0 Å². The molecule has 1 saturated carbocycles. The fraction of sp³-hybridized carbons (Fsp3) is 0.533. The average Bonchev–Trinajstić information content (AvgIpc) is 2.39. The van der Waals surface area contributed by atoms with Gasteiger partial charge in [0.05, 0.1) is 4.99 Å². The Bertz CT molecular complexity index is 341. The van der Waals surface area contributed by atoms with Crippen LogP contribution in [0.25, 0.3) is 0 Å². The predicted octanol–water partition coefficient (Wildman–Crippen LogP) is 3.87. The van der Waals surface area contributed by atoms with Gasteiger partial charge in [0, 0.05) is 12.5 Å². The second kappa shape index (κ2) is 6.75. The quantitative estimate of drug-likeness (QED) is 0.811. The molecule has 0 unspecified atom stereocenters. The lowest BCUT2D eigenvalue weighted by atomic mass is 9.95. The van der Waals surface area contributed by atoms with Crippen molar-refractivity contribution >= 4 is 17.2 Å². The van der Waals surface area contributed by atoms with Crippen LogP contribution in [0.3, 0.4) is 0 Å². The maximum Gasteiger partial charge on any atom is 0.0758 e. The van der Waals surface area contributed by atoms with Crippen LogP contribution in [0.15, 0.2) is 30.3 Å². The van der Waals surface area contributed by atoms with Gasteiger partial charge in [0.25, 0.3) is 0 Å². The third-order valence-electron chi connectivity index (χ3n) is 3.45. The normalized spacial score (nSPS) is 16.7. The Morgan fingerprint density at radius 1 is 1.12 bits per heavy atom. The summed E-state index contributed by atoms with van der Waals surface area (Å²) < 4.78 is 0. The highest BCUT2D eigenvalue weighted by Crippen LogP contribution is 2.17. The summed E-state index contributed by atoms with van der Waals surface area (Å²) in [5, 5.41) is 3.52. The number of nitrogens with one attached hydrogen (secondary N) is 1. The smallest absolute Gasteiger partial charge is 0.0758 e. The van der Waals surface area contributed by atoms with Crippen LogP contribution >= 0.6 is 12.2 Å². The van der Waals surface area contributed by atoms with Crippen LogP contribution in [-0.2, 0) is 6.42 Å². The van der Waals surface area contributed by atoms with E-state index in [0.717, 1.165) is 17.8 Å². The molecule has 2 heteroatoms. The van der Waals surface area contributed by atoms with Crippen LogP contribution in [0, 0.1) is 0 Å². The zero-order chi connectivity index (χ0) is 11.9. The summed E-state index contributed by atoms with van der Waals surface area (Å²) in [6, 6.07) is 11.2. The van der Waals surface area contributed by atoms with Crippen LogP contribution in [0.5, 0.6) is 0 Å². The molecule has 1 aliphatic carbocycles. The van der Waals surface area contributed by atoms with Crippen molar-refractivity contribution in [2.24, 2.45) is 0 Å². The van der Waals surface area contributed by atoms with Crippen LogP contribution in [0.1, 0.15) is 44.1 Å². The van der Waals surface area contributed by atoms with Crippen LogP contribution < -0.4 is 5.32 Å². The lowest BCUT2D eigenvalue weighted by Crippen LogP contribution is -2.35. The van der Waals surface area contributed by atoms with Gasteiger partial charge in [-0.25, -0.2) is 0 Å². The van der Waals surface area contributed by atoms with E-state index in [1.165, 1.54) is 37.7 Å². The van der Waals surface area contributed by atoms with Crippen molar-refractivity contribution in [2.45, 2.75) is 51.0 Å². The van der Waals surface area contributed by atoms with E-state index < -0.39 is 0 Å². The van der Waals surface area contributed by atoms with Gasteiger partial charge in [-0.15, -0.1) is 0 Å². The topological polar surface area (TPSA) is 12.0 Å². The Morgan fingerprint density at radius 3 is 2.53 bits per heavy atom. The molecule has 0 bridgehead atoms. The Balaban J connectivity index is 1.70. The highest BCUT2D eigenvalue weighted by Gasteiger charge is 2.13. The molecule has 0 aliphatic heterocycles. The zero-order valence-corrected chi connectivity index (χ0v) is 11.1. The Hall–Kier alpha value is -0.890. The monoisotopic (exact) mass is 247 g/mol. The molecule has 0 saturated heterocycles. The van der Waals surface area contributed by atoms with Crippen LogP contribution in [-0.4, -0.2) is 11.0 Å². The molecule has 0 heterocycles. The number of hydrogen-bond acceptors (Lipinski definition) is 1. The lowest BCUT2D eigenvalue weighted by molar-refractivity contribution is 0.413. The van der Waals surface area contributed by atoms with Gasteiger partial charge < -0.3 is 5.32 Å². The number of aryl methyl sites for hydroxylation is 1. The standard InChI is InChI=1S/C15H21NS/c17-15(16-14-9-5-2-6-10-14)12-11-13-7-3-1-4-8-13/h1,3-4,7-8,14H,2,5-6,9-12H2,(H,16,17). The highest BCUT2D eigenvalue weighted by atomic mass is 32.1. The first-order valence-electron chi connectivity index (χ1n) is 6.68. The molecule has 0 amide bonds. The third-order valence-corrected chi connectivity index (χ3v) is 3.78. The van der Waals surface area contributed by atoms with Crippen molar-refractivity contribution in [1.82, 2.24) is 5.32 Å². The lowest BCUT2D eigenvalue weighted by Gasteiger charge is -2.24. The van der Waals surface area contributed by atoms with Gasteiger partial charge in [-0.3, -0.25) is 0 Å². The summed E-state index contributed by atoms with van der Waals surface area (Å²) in [7, 11) is 0. The zero-order valence-electron chi connectivity index (χ0n) is 10.3. The van der Waals surface area contributed by atoms with Crippen molar-refractivity contribution in [3.8, 4) is 0 Å². The Morgan fingerprint density at radius 2 is 1.82 bits per heavy atom. The van der Waals surface area contributed by atoms with E-state index in [1.54, 1.807) is 0 Å². The van der Waals surface area contributed by atoms with E-state index in [1.807, 2.05) is 0 Å². The van der Waals surface area contributed by atoms with Gasteiger partial charge in [-0.2, -0.15) is 0 Å². The molecular weight excluding hydrogens is 226 g/mol. The van der Waals surface area contributed by atoms with E-state index in [0.29, 0.717) is 6.04 Å². The molecular formula is C15H21NS. The summed E-state index contributed by atoms with van der Waals surface area (Å²) >= 11 is 5.42. The minimum atomic E-state index is 0.645. The maximum atomic E-state index is 5.42. The molecule has 1 nitrogen and oxygen atoms in total. The van der Waals surface area contributed by atoms with Crippen molar-refractivity contribution in [3.05, 3.63) is 35.9 Å². The second-order valence-electron chi connectivity index (χ2n) is 4.89. The Kier molecular flexibility index (Phi) is 4.99. The molecule has 2 rings (SSSR count). The number of benzene rings is 1. The average molecular weight is 247 g/mol. The maximum absolute atomic E-state index is 5.42. The minimum Gasteiger partial charge on any atom is -0.377 e. The predicted molar refractivity (Wildman–Crippen MR) is 77.4 cm³/mol. The van der Waals surface area contributed by atoms with Crippen molar-refractivity contribution in [1.29, 1.82) is 0 Å². The van der Waals surface area contributed by atoms with E-state index in [2.05, 4.69) is 35.6 Å². The van der Waals surface area contributed by atoms with Crippen molar-refractivity contribution < 1.29 is 0 Å². The Labute approximate surface area is 110 Å². The first-order valence-corrected chi connectivity index (χ1v) is 7.09. The fourth-order valence-electron chi connectivity index (χ4n) is 2.45. The molecule has 1 aromatic rings. The van der Waals surface area contributed by atoms with Gasteiger partial charge >= 0.3 is 0 Å². The first kappa shape index (κ1) is 12.6. The van der Waals surface area contributed by atoms with Crippen molar-refractivity contribution in [3.63, 3.8) is 0 Å². The SMILES string of the molecule is S=C(CCc1ccccc1)NC1CCCCC1. The second-order valence-corrected chi connectivity index (χ2v) is 5.38. The van der Waals surface area contributed by atoms with E-state index in [4.69, 9.17) is 12.2 Å². The summed E-state index contributed by atoms with van der Waals surface area (Å²) in [4.78, 5) is 1.04. The highest BCUT2D eigenvalue weighted by molar-refractivity contribution is 7.80. The first-order chi connectivity index (χ1) is 8.34. The van der Waals surface area contributed by atoms with Crippen LogP contribution in [0.4, 0.5) is 0 Å². The molecule has 0 atom stereocenters. The van der Waals surface area contributed by atoms with Gasteiger partial charge in [-0.1, -0.05) is 61.8 Å². The summed E-state index contributed by atoms with van der Waals surface area (Å²) in [5.74, 6) is 0. The van der Waals surface area contributed by atoms with Gasteiger partial charge in [-0.05, 0) is 24.8 Å². The molecule has 1 N–H and O–H groups in total.